The van der Waals surface area contributed by atoms with Gasteiger partial charge in [0.1, 0.15) is 0 Å². The second-order valence-electron chi connectivity index (χ2n) is 6.63. The van der Waals surface area contributed by atoms with Crippen LogP contribution in [0.3, 0.4) is 0 Å². The summed E-state index contributed by atoms with van der Waals surface area (Å²) < 4.78 is 3.15. The molecule has 0 fully saturated rings. The SMILES string of the molecule is CC(C)c1ccc2nc(CC(C)c3ccc4ncsc4c3)nn2c1. The van der Waals surface area contributed by atoms with E-state index < -0.39 is 0 Å². The van der Waals surface area contributed by atoms with E-state index >= 15 is 0 Å². The summed E-state index contributed by atoms with van der Waals surface area (Å²) >= 11 is 1.69. The number of benzene rings is 1. The lowest BCUT2D eigenvalue weighted by molar-refractivity contribution is 0.714. The molecule has 1 aromatic carbocycles. The number of hydrogen-bond acceptors (Lipinski definition) is 4. The molecule has 0 saturated heterocycles. The third kappa shape index (κ3) is 2.80. The lowest BCUT2D eigenvalue weighted by atomic mass is 9.97. The van der Waals surface area contributed by atoms with Crippen molar-refractivity contribution >= 4 is 27.2 Å². The van der Waals surface area contributed by atoms with Crippen molar-refractivity contribution < 1.29 is 0 Å². The fraction of sp³-hybridized carbons (Fsp3) is 0.316. The number of hydrogen-bond donors (Lipinski definition) is 0. The normalized spacial score (nSPS) is 13.2. The van der Waals surface area contributed by atoms with Crippen molar-refractivity contribution in [2.24, 2.45) is 0 Å². The third-order valence-corrected chi connectivity index (χ3v) is 5.27. The Balaban J connectivity index is 1.60. The highest BCUT2D eigenvalue weighted by Gasteiger charge is 2.13. The lowest BCUT2D eigenvalue weighted by Crippen LogP contribution is -2.00. The van der Waals surface area contributed by atoms with Crippen LogP contribution in [-0.4, -0.2) is 19.6 Å². The van der Waals surface area contributed by atoms with Crippen LogP contribution in [0.2, 0.25) is 0 Å². The molecule has 4 rings (SSSR count). The predicted octanol–water partition coefficient (Wildman–Crippen LogP) is 4.81. The van der Waals surface area contributed by atoms with E-state index in [-0.39, 0.29) is 0 Å². The van der Waals surface area contributed by atoms with Crippen LogP contribution in [0.1, 0.15) is 49.6 Å². The van der Waals surface area contributed by atoms with E-state index in [0.717, 1.165) is 23.4 Å². The average Bonchev–Trinajstić information content (AvgIpc) is 3.18. The summed E-state index contributed by atoms with van der Waals surface area (Å²) in [6.45, 7) is 6.61. The van der Waals surface area contributed by atoms with Crippen LogP contribution < -0.4 is 0 Å². The van der Waals surface area contributed by atoms with E-state index in [1.165, 1.54) is 15.8 Å². The van der Waals surface area contributed by atoms with Crippen molar-refractivity contribution in [1.82, 2.24) is 19.6 Å². The van der Waals surface area contributed by atoms with E-state index in [1.54, 1.807) is 11.3 Å². The van der Waals surface area contributed by atoms with Crippen LogP contribution in [0.4, 0.5) is 0 Å². The van der Waals surface area contributed by atoms with Crippen molar-refractivity contribution in [3.8, 4) is 0 Å². The molecule has 1 atom stereocenters. The van der Waals surface area contributed by atoms with Gasteiger partial charge in [0.2, 0.25) is 0 Å². The maximum atomic E-state index is 4.67. The Bertz CT molecular complexity index is 999. The fourth-order valence-corrected chi connectivity index (χ4v) is 3.67. The summed E-state index contributed by atoms with van der Waals surface area (Å²) in [7, 11) is 0. The summed E-state index contributed by atoms with van der Waals surface area (Å²) in [5, 5.41) is 4.67. The molecule has 4 aromatic rings. The third-order valence-electron chi connectivity index (χ3n) is 4.48. The largest absolute Gasteiger partial charge is 0.245 e. The first kappa shape index (κ1) is 15.3. The van der Waals surface area contributed by atoms with Gasteiger partial charge in [0.15, 0.2) is 11.5 Å². The Morgan fingerprint density at radius 1 is 1.08 bits per heavy atom. The van der Waals surface area contributed by atoms with Gasteiger partial charge < -0.3 is 0 Å². The van der Waals surface area contributed by atoms with Gasteiger partial charge in [0.25, 0.3) is 0 Å². The Morgan fingerprint density at radius 2 is 1.92 bits per heavy atom. The van der Waals surface area contributed by atoms with Crippen LogP contribution in [0.25, 0.3) is 15.9 Å². The van der Waals surface area contributed by atoms with Crippen molar-refractivity contribution in [3.63, 3.8) is 0 Å². The predicted molar refractivity (Wildman–Crippen MR) is 98.8 cm³/mol. The van der Waals surface area contributed by atoms with Crippen molar-refractivity contribution in [2.45, 2.75) is 39.0 Å². The minimum absolute atomic E-state index is 0.374. The number of rotatable bonds is 4. The number of pyridine rings is 1. The van der Waals surface area contributed by atoms with Crippen LogP contribution >= 0.6 is 11.3 Å². The zero-order valence-electron chi connectivity index (χ0n) is 14.1. The second-order valence-corrected chi connectivity index (χ2v) is 7.52. The highest BCUT2D eigenvalue weighted by atomic mass is 32.1. The zero-order chi connectivity index (χ0) is 16.7. The molecule has 24 heavy (non-hydrogen) atoms. The fourth-order valence-electron chi connectivity index (χ4n) is 2.94. The molecule has 122 valence electrons. The first-order valence-corrected chi connectivity index (χ1v) is 9.16. The molecule has 1 unspecified atom stereocenters. The van der Waals surface area contributed by atoms with Crippen LogP contribution in [0.5, 0.6) is 0 Å². The molecule has 0 N–H and O–H groups in total. The van der Waals surface area contributed by atoms with Gasteiger partial charge in [-0.2, -0.15) is 5.10 Å². The standard InChI is InChI=1S/C19H20N4S/c1-12(2)15-5-7-19-21-18(22-23(19)10-15)8-13(3)14-4-6-16-17(9-14)24-11-20-16/h4-7,9-13H,8H2,1-3H3. The van der Waals surface area contributed by atoms with Crippen LogP contribution in [0, 0.1) is 0 Å². The molecule has 0 radical (unpaired) electrons. The lowest BCUT2D eigenvalue weighted by Gasteiger charge is -2.09. The number of thiazole rings is 1. The summed E-state index contributed by atoms with van der Waals surface area (Å²) in [6, 6.07) is 10.7. The number of nitrogens with zero attached hydrogens (tertiary/aromatic N) is 4. The zero-order valence-corrected chi connectivity index (χ0v) is 14.9. The Hall–Kier alpha value is -2.27. The molecule has 0 amide bonds. The van der Waals surface area contributed by atoms with E-state index in [4.69, 9.17) is 0 Å². The highest BCUT2D eigenvalue weighted by Crippen LogP contribution is 2.25. The molecule has 3 heterocycles. The summed E-state index contributed by atoms with van der Waals surface area (Å²) in [5.74, 6) is 1.76. The minimum atomic E-state index is 0.374. The summed E-state index contributed by atoms with van der Waals surface area (Å²) in [5.41, 5.74) is 6.48. The van der Waals surface area contributed by atoms with Crippen LogP contribution in [-0.2, 0) is 6.42 Å². The van der Waals surface area contributed by atoms with E-state index in [1.807, 2.05) is 10.0 Å². The van der Waals surface area contributed by atoms with Gasteiger partial charge in [0.05, 0.1) is 15.7 Å². The van der Waals surface area contributed by atoms with Gasteiger partial charge in [-0.3, -0.25) is 0 Å². The molecule has 0 aliphatic rings. The van der Waals surface area contributed by atoms with Gasteiger partial charge >= 0.3 is 0 Å². The monoisotopic (exact) mass is 336 g/mol. The highest BCUT2D eigenvalue weighted by molar-refractivity contribution is 7.16. The molecule has 0 bridgehead atoms. The van der Waals surface area contributed by atoms with Gasteiger partial charge in [0, 0.05) is 12.6 Å². The molecule has 0 aliphatic heterocycles. The van der Waals surface area contributed by atoms with Gasteiger partial charge in [-0.15, -0.1) is 11.3 Å². The Morgan fingerprint density at radius 3 is 2.75 bits per heavy atom. The molecular weight excluding hydrogens is 316 g/mol. The first-order valence-electron chi connectivity index (χ1n) is 8.28. The average molecular weight is 336 g/mol. The topological polar surface area (TPSA) is 43.1 Å². The Kier molecular flexibility index (Phi) is 3.81. The molecule has 0 saturated carbocycles. The van der Waals surface area contributed by atoms with Crippen molar-refractivity contribution in [2.75, 3.05) is 0 Å². The quantitative estimate of drug-likeness (QED) is 0.537. The smallest absolute Gasteiger partial charge is 0.155 e. The summed E-state index contributed by atoms with van der Waals surface area (Å²) in [6.07, 6.45) is 2.92. The molecule has 5 heteroatoms. The van der Waals surface area contributed by atoms with E-state index in [9.17, 15) is 0 Å². The van der Waals surface area contributed by atoms with Crippen LogP contribution in [0.15, 0.2) is 42.0 Å². The molecule has 3 aromatic heterocycles. The maximum absolute atomic E-state index is 4.67. The van der Waals surface area contributed by atoms with Crippen molar-refractivity contribution in [3.05, 3.63) is 59.0 Å². The number of fused-ring (bicyclic) bond motifs is 2. The van der Waals surface area contributed by atoms with Gasteiger partial charge in [-0.05, 0) is 41.2 Å². The Labute approximate surface area is 145 Å². The molecule has 4 nitrogen and oxygen atoms in total. The maximum Gasteiger partial charge on any atom is 0.155 e. The number of aromatic nitrogens is 4. The van der Waals surface area contributed by atoms with Crippen molar-refractivity contribution in [1.29, 1.82) is 0 Å². The second kappa shape index (κ2) is 5.98. The van der Waals surface area contributed by atoms with Gasteiger partial charge in [-0.25, -0.2) is 14.5 Å². The van der Waals surface area contributed by atoms with Gasteiger partial charge in [-0.1, -0.05) is 32.9 Å². The van der Waals surface area contributed by atoms with E-state index in [2.05, 4.69) is 72.4 Å². The minimum Gasteiger partial charge on any atom is -0.245 e. The van der Waals surface area contributed by atoms with E-state index in [0.29, 0.717) is 11.8 Å². The molecular formula is C19H20N4S. The molecule has 0 aliphatic carbocycles. The molecule has 0 spiro atoms. The first-order chi connectivity index (χ1) is 11.6. The summed E-state index contributed by atoms with van der Waals surface area (Å²) in [4.78, 5) is 9.02.